The Morgan fingerprint density at radius 1 is 1.32 bits per heavy atom. The van der Waals surface area contributed by atoms with Crippen molar-refractivity contribution < 1.29 is 4.79 Å². The van der Waals surface area contributed by atoms with Crippen molar-refractivity contribution in [1.29, 1.82) is 0 Å². The molecule has 22 heavy (non-hydrogen) atoms. The van der Waals surface area contributed by atoms with E-state index in [1.54, 1.807) is 0 Å². The average Bonchev–Trinajstić information content (AvgIpc) is 3.24. The van der Waals surface area contributed by atoms with Gasteiger partial charge in [0, 0.05) is 42.5 Å². The Hall–Kier alpha value is -1.55. The van der Waals surface area contributed by atoms with Gasteiger partial charge in [-0.05, 0) is 50.8 Å². The predicted molar refractivity (Wildman–Crippen MR) is 91.2 cm³/mol. The SMILES string of the molecule is CCCC(=O)Nc1cccc(N[C@@H]2C[C@@H](C)N(C3CC3)C2)c1. The van der Waals surface area contributed by atoms with Gasteiger partial charge >= 0.3 is 0 Å². The van der Waals surface area contributed by atoms with Crippen LogP contribution in [0.3, 0.4) is 0 Å². The third-order valence-electron chi connectivity index (χ3n) is 4.63. The van der Waals surface area contributed by atoms with Crippen molar-refractivity contribution in [3.63, 3.8) is 0 Å². The van der Waals surface area contributed by atoms with E-state index in [2.05, 4.69) is 28.5 Å². The van der Waals surface area contributed by atoms with Crippen LogP contribution in [-0.4, -0.2) is 35.5 Å². The minimum absolute atomic E-state index is 0.0917. The number of anilines is 2. The van der Waals surface area contributed by atoms with Crippen LogP contribution in [-0.2, 0) is 4.79 Å². The molecule has 120 valence electrons. The van der Waals surface area contributed by atoms with Crippen LogP contribution in [0.1, 0.15) is 46.0 Å². The Kier molecular flexibility index (Phi) is 4.67. The highest BCUT2D eigenvalue weighted by atomic mass is 16.1. The normalized spacial score (nSPS) is 25.2. The van der Waals surface area contributed by atoms with E-state index in [1.165, 1.54) is 19.3 Å². The molecule has 2 N–H and O–H groups in total. The summed E-state index contributed by atoms with van der Waals surface area (Å²) in [6, 6.07) is 10.1. The summed E-state index contributed by atoms with van der Waals surface area (Å²) in [4.78, 5) is 14.3. The molecule has 1 saturated carbocycles. The maximum Gasteiger partial charge on any atom is 0.224 e. The Bertz CT molecular complexity index is 527. The van der Waals surface area contributed by atoms with Crippen molar-refractivity contribution in [3.05, 3.63) is 24.3 Å². The summed E-state index contributed by atoms with van der Waals surface area (Å²) in [5.41, 5.74) is 1.98. The highest BCUT2D eigenvalue weighted by molar-refractivity contribution is 5.91. The largest absolute Gasteiger partial charge is 0.381 e. The molecule has 2 atom stereocenters. The van der Waals surface area contributed by atoms with Crippen molar-refractivity contribution in [3.8, 4) is 0 Å². The van der Waals surface area contributed by atoms with Crippen LogP contribution in [0.15, 0.2) is 24.3 Å². The second-order valence-electron chi connectivity index (χ2n) is 6.73. The number of amides is 1. The molecule has 1 aliphatic heterocycles. The monoisotopic (exact) mass is 301 g/mol. The third-order valence-corrected chi connectivity index (χ3v) is 4.63. The molecular formula is C18H27N3O. The smallest absolute Gasteiger partial charge is 0.224 e. The minimum Gasteiger partial charge on any atom is -0.381 e. The van der Waals surface area contributed by atoms with Crippen molar-refractivity contribution in [1.82, 2.24) is 4.90 Å². The zero-order valence-corrected chi connectivity index (χ0v) is 13.6. The molecule has 3 rings (SSSR count). The lowest BCUT2D eigenvalue weighted by atomic mass is 10.1. The number of nitrogens with one attached hydrogen (secondary N) is 2. The molecule has 2 fully saturated rings. The van der Waals surface area contributed by atoms with Crippen LogP contribution in [0.25, 0.3) is 0 Å². The van der Waals surface area contributed by atoms with E-state index in [1.807, 2.05) is 25.1 Å². The number of carbonyl (C=O) groups excluding carboxylic acids is 1. The van der Waals surface area contributed by atoms with Gasteiger partial charge in [-0.25, -0.2) is 0 Å². The average molecular weight is 301 g/mol. The summed E-state index contributed by atoms with van der Waals surface area (Å²) in [5, 5.41) is 6.60. The van der Waals surface area contributed by atoms with E-state index < -0.39 is 0 Å². The van der Waals surface area contributed by atoms with Gasteiger partial charge in [-0.2, -0.15) is 0 Å². The number of likely N-dealkylation sites (tertiary alicyclic amines) is 1. The van der Waals surface area contributed by atoms with Crippen LogP contribution < -0.4 is 10.6 Å². The quantitative estimate of drug-likeness (QED) is 0.845. The van der Waals surface area contributed by atoms with E-state index in [-0.39, 0.29) is 5.91 Å². The lowest BCUT2D eigenvalue weighted by Gasteiger charge is -2.20. The van der Waals surface area contributed by atoms with Gasteiger partial charge in [0.25, 0.3) is 0 Å². The Balaban J connectivity index is 1.57. The van der Waals surface area contributed by atoms with Gasteiger partial charge in [0.1, 0.15) is 0 Å². The fourth-order valence-corrected chi connectivity index (χ4v) is 3.45. The first kappa shape index (κ1) is 15.3. The maximum atomic E-state index is 11.7. The Labute approximate surface area is 133 Å². The van der Waals surface area contributed by atoms with E-state index in [0.717, 1.165) is 30.4 Å². The molecule has 4 nitrogen and oxygen atoms in total. The number of benzene rings is 1. The van der Waals surface area contributed by atoms with E-state index in [9.17, 15) is 4.79 Å². The lowest BCUT2D eigenvalue weighted by molar-refractivity contribution is -0.116. The van der Waals surface area contributed by atoms with Crippen molar-refractivity contribution in [2.75, 3.05) is 17.2 Å². The van der Waals surface area contributed by atoms with Gasteiger partial charge in [-0.15, -0.1) is 0 Å². The van der Waals surface area contributed by atoms with Crippen LogP contribution in [0.5, 0.6) is 0 Å². The summed E-state index contributed by atoms with van der Waals surface area (Å²) in [6.45, 7) is 5.49. The Morgan fingerprint density at radius 2 is 2.09 bits per heavy atom. The summed E-state index contributed by atoms with van der Waals surface area (Å²) in [7, 11) is 0. The predicted octanol–water partition coefficient (Wildman–Crippen LogP) is 3.46. The number of hydrogen-bond donors (Lipinski definition) is 2. The number of carbonyl (C=O) groups is 1. The fraction of sp³-hybridized carbons (Fsp3) is 0.611. The summed E-state index contributed by atoms with van der Waals surface area (Å²) < 4.78 is 0. The van der Waals surface area contributed by atoms with Gasteiger partial charge in [0.2, 0.25) is 5.91 Å². The van der Waals surface area contributed by atoms with Crippen LogP contribution >= 0.6 is 0 Å². The fourth-order valence-electron chi connectivity index (χ4n) is 3.45. The molecule has 1 amide bonds. The molecule has 2 aliphatic rings. The molecule has 4 heteroatoms. The third kappa shape index (κ3) is 3.80. The van der Waals surface area contributed by atoms with Crippen LogP contribution in [0.4, 0.5) is 11.4 Å². The Morgan fingerprint density at radius 3 is 2.82 bits per heavy atom. The molecule has 1 saturated heterocycles. The lowest BCUT2D eigenvalue weighted by Crippen LogP contribution is -2.31. The molecular weight excluding hydrogens is 274 g/mol. The van der Waals surface area contributed by atoms with Crippen molar-refractivity contribution in [2.24, 2.45) is 0 Å². The zero-order chi connectivity index (χ0) is 15.5. The van der Waals surface area contributed by atoms with Crippen LogP contribution in [0, 0.1) is 0 Å². The van der Waals surface area contributed by atoms with Gasteiger partial charge < -0.3 is 10.6 Å². The summed E-state index contributed by atoms with van der Waals surface area (Å²) in [6.07, 6.45) is 5.39. The number of nitrogens with zero attached hydrogens (tertiary/aromatic N) is 1. The zero-order valence-electron chi connectivity index (χ0n) is 13.6. The molecule has 1 heterocycles. The van der Waals surface area contributed by atoms with E-state index >= 15 is 0 Å². The maximum absolute atomic E-state index is 11.7. The molecule has 1 aliphatic carbocycles. The second kappa shape index (κ2) is 6.69. The standard InChI is InChI=1S/C18H27N3O/c1-3-5-18(22)20-15-7-4-6-14(11-15)19-16-10-13(2)21(12-16)17-8-9-17/h4,6-7,11,13,16-17,19H,3,5,8-10,12H2,1-2H3,(H,20,22)/t13-,16-/m1/s1. The highest BCUT2D eigenvalue weighted by Gasteiger charge is 2.38. The summed E-state index contributed by atoms with van der Waals surface area (Å²) in [5.74, 6) is 0.0917. The highest BCUT2D eigenvalue weighted by Crippen LogP contribution is 2.34. The van der Waals surface area contributed by atoms with Gasteiger partial charge in [-0.3, -0.25) is 9.69 Å². The van der Waals surface area contributed by atoms with Crippen LogP contribution in [0.2, 0.25) is 0 Å². The van der Waals surface area contributed by atoms with Gasteiger partial charge in [-0.1, -0.05) is 13.0 Å². The topological polar surface area (TPSA) is 44.4 Å². The first-order valence-corrected chi connectivity index (χ1v) is 8.58. The molecule has 1 aromatic rings. The number of rotatable bonds is 6. The first-order chi connectivity index (χ1) is 10.7. The van der Waals surface area contributed by atoms with Crippen molar-refractivity contribution >= 4 is 17.3 Å². The van der Waals surface area contributed by atoms with Crippen molar-refractivity contribution in [2.45, 2.75) is 64.1 Å². The molecule has 1 aromatic carbocycles. The molecule has 0 spiro atoms. The molecule has 0 unspecified atom stereocenters. The van der Waals surface area contributed by atoms with E-state index in [0.29, 0.717) is 18.5 Å². The second-order valence-corrected chi connectivity index (χ2v) is 6.73. The molecule has 0 radical (unpaired) electrons. The molecule has 0 aromatic heterocycles. The number of hydrogen-bond acceptors (Lipinski definition) is 3. The van der Waals surface area contributed by atoms with E-state index in [4.69, 9.17) is 0 Å². The summed E-state index contributed by atoms with van der Waals surface area (Å²) >= 11 is 0. The minimum atomic E-state index is 0.0917. The van der Waals surface area contributed by atoms with Gasteiger partial charge in [0.15, 0.2) is 0 Å². The molecule has 0 bridgehead atoms. The first-order valence-electron chi connectivity index (χ1n) is 8.58. The van der Waals surface area contributed by atoms with Gasteiger partial charge in [0.05, 0.1) is 0 Å².